The first-order valence-corrected chi connectivity index (χ1v) is 7.26. The molecule has 20 heavy (non-hydrogen) atoms. The Labute approximate surface area is 120 Å². The first-order valence-electron chi connectivity index (χ1n) is 7.26. The fourth-order valence-corrected chi connectivity index (χ4v) is 2.68. The topological polar surface area (TPSA) is 87.7 Å². The van der Waals surface area contributed by atoms with Gasteiger partial charge in [0.1, 0.15) is 0 Å². The van der Waals surface area contributed by atoms with Crippen LogP contribution in [0, 0.1) is 11.3 Å². The van der Waals surface area contributed by atoms with Crippen molar-refractivity contribution in [3.8, 4) is 0 Å². The maximum Gasteiger partial charge on any atom is 0.308 e. The molecular formula is C14H26N2O4. The van der Waals surface area contributed by atoms with Crippen molar-refractivity contribution in [1.82, 2.24) is 10.6 Å². The summed E-state index contributed by atoms with van der Waals surface area (Å²) in [6.45, 7) is 4.09. The molecule has 1 heterocycles. The smallest absolute Gasteiger partial charge is 0.308 e. The van der Waals surface area contributed by atoms with Gasteiger partial charge < -0.3 is 20.5 Å². The zero-order chi connectivity index (χ0) is 15.0. The second-order valence-electron chi connectivity index (χ2n) is 5.50. The number of carbonyl (C=O) groups is 2. The van der Waals surface area contributed by atoms with Crippen molar-refractivity contribution in [3.05, 3.63) is 0 Å². The standard InChI is InChI=1S/C14H26N2O4/c1-3-4-11(12(17)18)9-16-13(19)14(10-20-2)5-7-15-8-6-14/h11,15H,3-10H2,1-2H3,(H,16,19)(H,17,18). The van der Waals surface area contributed by atoms with Gasteiger partial charge in [-0.3, -0.25) is 9.59 Å². The lowest BCUT2D eigenvalue weighted by Gasteiger charge is -2.35. The fraction of sp³-hybridized carbons (Fsp3) is 0.857. The zero-order valence-electron chi connectivity index (χ0n) is 12.4. The summed E-state index contributed by atoms with van der Waals surface area (Å²) in [5, 5.41) is 15.2. The van der Waals surface area contributed by atoms with Crippen molar-refractivity contribution in [2.75, 3.05) is 33.4 Å². The Bertz CT molecular complexity index is 322. The Morgan fingerprint density at radius 2 is 2.05 bits per heavy atom. The number of aliphatic carboxylic acids is 1. The molecule has 0 aromatic rings. The van der Waals surface area contributed by atoms with E-state index in [0.717, 1.165) is 32.4 Å². The van der Waals surface area contributed by atoms with Crippen molar-refractivity contribution in [1.29, 1.82) is 0 Å². The SMILES string of the molecule is CCCC(CNC(=O)C1(COC)CCNCC1)C(=O)O. The molecule has 3 N–H and O–H groups in total. The van der Waals surface area contributed by atoms with E-state index in [0.29, 0.717) is 13.0 Å². The number of ether oxygens (including phenoxy) is 1. The molecule has 1 unspecified atom stereocenters. The number of hydrogen-bond donors (Lipinski definition) is 3. The van der Waals surface area contributed by atoms with Crippen LogP contribution < -0.4 is 10.6 Å². The number of methoxy groups -OCH3 is 1. The van der Waals surface area contributed by atoms with Crippen LogP contribution in [0.25, 0.3) is 0 Å². The van der Waals surface area contributed by atoms with E-state index in [1.807, 2.05) is 6.92 Å². The molecule has 1 rings (SSSR count). The molecule has 0 spiro atoms. The van der Waals surface area contributed by atoms with Crippen LogP contribution in [0.5, 0.6) is 0 Å². The largest absolute Gasteiger partial charge is 0.481 e. The normalized spacial score (nSPS) is 19.3. The summed E-state index contributed by atoms with van der Waals surface area (Å²) in [7, 11) is 1.59. The van der Waals surface area contributed by atoms with E-state index in [9.17, 15) is 9.59 Å². The highest BCUT2D eigenvalue weighted by Crippen LogP contribution is 2.29. The lowest BCUT2D eigenvalue weighted by Crippen LogP contribution is -2.51. The summed E-state index contributed by atoms with van der Waals surface area (Å²) in [4.78, 5) is 23.5. The zero-order valence-corrected chi connectivity index (χ0v) is 12.4. The summed E-state index contributed by atoms with van der Waals surface area (Å²) in [6, 6.07) is 0. The maximum absolute atomic E-state index is 12.4. The predicted molar refractivity (Wildman–Crippen MR) is 75.5 cm³/mol. The van der Waals surface area contributed by atoms with Crippen LogP contribution in [0.4, 0.5) is 0 Å². The minimum Gasteiger partial charge on any atom is -0.481 e. The van der Waals surface area contributed by atoms with Gasteiger partial charge in [0.05, 0.1) is 17.9 Å². The molecule has 6 heteroatoms. The molecule has 1 fully saturated rings. The minimum atomic E-state index is -0.849. The van der Waals surface area contributed by atoms with E-state index < -0.39 is 17.3 Å². The third kappa shape index (κ3) is 4.45. The molecule has 0 aromatic carbocycles. The van der Waals surface area contributed by atoms with Crippen molar-refractivity contribution in [3.63, 3.8) is 0 Å². The Balaban J connectivity index is 2.59. The summed E-state index contributed by atoms with van der Waals surface area (Å²) < 4.78 is 5.20. The molecule has 1 amide bonds. The Morgan fingerprint density at radius 3 is 2.55 bits per heavy atom. The van der Waals surface area contributed by atoms with Crippen molar-refractivity contribution in [2.24, 2.45) is 11.3 Å². The highest BCUT2D eigenvalue weighted by molar-refractivity contribution is 5.83. The molecule has 1 saturated heterocycles. The van der Waals surface area contributed by atoms with Crippen LogP contribution in [-0.2, 0) is 14.3 Å². The molecule has 0 bridgehead atoms. The molecule has 116 valence electrons. The molecule has 1 atom stereocenters. The van der Waals surface area contributed by atoms with E-state index in [1.165, 1.54) is 0 Å². The van der Waals surface area contributed by atoms with Gasteiger partial charge in [-0.25, -0.2) is 0 Å². The number of carboxylic acids is 1. The molecule has 6 nitrogen and oxygen atoms in total. The van der Waals surface area contributed by atoms with Crippen LogP contribution in [-0.4, -0.2) is 50.3 Å². The van der Waals surface area contributed by atoms with Gasteiger partial charge in [-0.05, 0) is 32.4 Å². The highest BCUT2D eigenvalue weighted by Gasteiger charge is 2.39. The van der Waals surface area contributed by atoms with E-state index in [-0.39, 0.29) is 12.5 Å². The number of hydrogen-bond acceptors (Lipinski definition) is 4. The Morgan fingerprint density at radius 1 is 1.40 bits per heavy atom. The van der Waals surface area contributed by atoms with Crippen LogP contribution in [0.15, 0.2) is 0 Å². The first-order chi connectivity index (χ1) is 9.55. The lowest BCUT2D eigenvalue weighted by atomic mass is 9.78. The van der Waals surface area contributed by atoms with Gasteiger partial charge in [0.15, 0.2) is 0 Å². The number of rotatable bonds is 8. The van der Waals surface area contributed by atoms with Gasteiger partial charge in [0.25, 0.3) is 0 Å². The van der Waals surface area contributed by atoms with Gasteiger partial charge >= 0.3 is 5.97 Å². The molecule has 0 saturated carbocycles. The number of piperidine rings is 1. The molecule has 1 aliphatic heterocycles. The van der Waals surface area contributed by atoms with Gasteiger partial charge in [-0.15, -0.1) is 0 Å². The third-order valence-electron chi connectivity index (χ3n) is 3.96. The van der Waals surface area contributed by atoms with Crippen LogP contribution >= 0.6 is 0 Å². The average Bonchev–Trinajstić information content (AvgIpc) is 2.44. The average molecular weight is 286 g/mol. The van der Waals surface area contributed by atoms with Crippen LogP contribution in [0.3, 0.4) is 0 Å². The van der Waals surface area contributed by atoms with Crippen molar-refractivity contribution < 1.29 is 19.4 Å². The number of carbonyl (C=O) groups excluding carboxylic acids is 1. The molecule has 0 aliphatic carbocycles. The van der Waals surface area contributed by atoms with Gasteiger partial charge in [0.2, 0.25) is 5.91 Å². The van der Waals surface area contributed by atoms with E-state index in [2.05, 4.69) is 10.6 Å². The third-order valence-corrected chi connectivity index (χ3v) is 3.96. The van der Waals surface area contributed by atoms with Gasteiger partial charge in [0, 0.05) is 13.7 Å². The van der Waals surface area contributed by atoms with Crippen LogP contribution in [0.1, 0.15) is 32.6 Å². The Hall–Kier alpha value is -1.14. The van der Waals surface area contributed by atoms with E-state index in [4.69, 9.17) is 9.84 Å². The molecular weight excluding hydrogens is 260 g/mol. The molecule has 0 aromatic heterocycles. The summed E-state index contributed by atoms with van der Waals surface area (Å²) in [6.07, 6.45) is 2.81. The van der Waals surface area contributed by atoms with Gasteiger partial charge in [-0.1, -0.05) is 13.3 Å². The summed E-state index contributed by atoms with van der Waals surface area (Å²) >= 11 is 0. The quantitative estimate of drug-likeness (QED) is 0.609. The number of nitrogens with one attached hydrogen (secondary N) is 2. The van der Waals surface area contributed by atoms with E-state index in [1.54, 1.807) is 7.11 Å². The number of carboxylic acid groups (broad SMARTS) is 1. The predicted octanol–water partition coefficient (Wildman–Crippen LogP) is 0.620. The highest BCUT2D eigenvalue weighted by atomic mass is 16.5. The number of amides is 1. The first kappa shape index (κ1) is 16.9. The Kier molecular flexibility index (Phi) is 6.95. The minimum absolute atomic E-state index is 0.0804. The molecule has 0 radical (unpaired) electrons. The maximum atomic E-state index is 12.4. The lowest BCUT2D eigenvalue weighted by molar-refractivity contribution is -0.142. The summed E-state index contributed by atoms with van der Waals surface area (Å²) in [5.74, 6) is -1.44. The van der Waals surface area contributed by atoms with Crippen LogP contribution in [0.2, 0.25) is 0 Å². The van der Waals surface area contributed by atoms with Gasteiger partial charge in [-0.2, -0.15) is 0 Å². The fourth-order valence-electron chi connectivity index (χ4n) is 2.68. The van der Waals surface area contributed by atoms with Crippen molar-refractivity contribution >= 4 is 11.9 Å². The van der Waals surface area contributed by atoms with E-state index >= 15 is 0 Å². The second-order valence-corrected chi connectivity index (χ2v) is 5.50. The summed E-state index contributed by atoms with van der Waals surface area (Å²) in [5.41, 5.74) is -0.519. The monoisotopic (exact) mass is 286 g/mol. The van der Waals surface area contributed by atoms with Crippen molar-refractivity contribution in [2.45, 2.75) is 32.6 Å². The molecule has 1 aliphatic rings. The second kappa shape index (κ2) is 8.21.